The minimum atomic E-state index is 0.331. The molecule has 1 aromatic heterocycles. The number of nitrogens with zero attached hydrogens (tertiary/aromatic N) is 2. The Labute approximate surface area is 131 Å². The Morgan fingerprint density at radius 1 is 1.15 bits per heavy atom. The number of nitrogens with two attached hydrogens (primary N) is 1. The molecular formula is C13H11Cl3N4. The summed E-state index contributed by atoms with van der Waals surface area (Å²) in [5, 5.41) is 4.64. The molecule has 0 radical (unpaired) electrons. The van der Waals surface area contributed by atoms with E-state index in [9.17, 15) is 0 Å². The molecule has 2 rings (SSSR count). The zero-order valence-corrected chi connectivity index (χ0v) is 12.5. The zero-order chi connectivity index (χ0) is 14.5. The Balaban J connectivity index is 2.14. The first-order valence-corrected chi connectivity index (χ1v) is 6.82. The van der Waals surface area contributed by atoms with Crippen molar-refractivity contribution >= 4 is 46.7 Å². The summed E-state index contributed by atoms with van der Waals surface area (Å²) in [6, 6.07) is 6.94. The number of benzene rings is 1. The average molecular weight is 330 g/mol. The molecule has 7 heteroatoms. The molecule has 3 N–H and O–H groups in total. The molecule has 0 fully saturated rings. The molecule has 0 saturated heterocycles. The maximum atomic E-state index is 6.10. The van der Waals surface area contributed by atoms with E-state index in [1.54, 1.807) is 24.3 Å². The molecule has 0 amide bonds. The third kappa shape index (κ3) is 4.00. The summed E-state index contributed by atoms with van der Waals surface area (Å²) in [4.78, 5) is 8.25. The lowest BCUT2D eigenvalue weighted by Gasteiger charge is -2.08. The molecule has 0 aliphatic heterocycles. The fraction of sp³-hybridized carbons (Fsp3) is 0.0769. The van der Waals surface area contributed by atoms with Crippen LogP contribution >= 0.6 is 34.8 Å². The van der Waals surface area contributed by atoms with Gasteiger partial charge in [0.15, 0.2) is 5.82 Å². The lowest BCUT2D eigenvalue weighted by molar-refractivity contribution is 1.07. The summed E-state index contributed by atoms with van der Waals surface area (Å²) < 4.78 is 0. The van der Waals surface area contributed by atoms with Gasteiger partial charge in [-0.25, -0.2) is 9.97 Å². The Hall–Kier alpha value is -1.49. The van der Waals surface area contributed by atoms with E-state index < -0.39 is 0 Å². The van der Waals surface area contributed by atoms with Gasteiger partial charge in [-0.2, -0.15) is 0 Å². The summed E-state index contributed by atoms with van der Waals surface area (Å²) in [6.07, 6.45) is 2.91. The number of aromatic nitrogens is 2. The lowest BCUT2D eigenvalue weighted by Crippen LogP contribution is -2.04. The van der Waals surface area contributed by atoms with E-state index in [0.717, 1.165) is 5.56 Å². The summed E-state index contributed by atoms with van der Waals surface area (Å²) >= 11 is 17.9. The highest BCUT2D eigenvalue weighted by Crippen LogP contribution is 2.22. The van der Waals surface area contributed by atoms with Crippen molar-refractivity contribution in [2.75, 3.05) is 5.32 Å². The van der Waals surface area contributed by atoms with Crippen LogP contribution in [0.1, 0.15) is 11.4 Å². The van der Waals surface area contributed by atoms with Gasteiger partial charge in [-0.15, -0.1) is 0 Å². The number of anilines is 1. The highest BCUT2D eigenvalue weighted by atomic mass is 35.5. The third-order valence-corrected chi connectivity index (χ3v) is 3.21. The highest BCUT2D eigenvalue weighted by molar-refractivity contribution is 6.35. The van der Waals surface area contributed by atoms with Crippen LogP contribution in [0.5, 0.6) is 0 Å². The topological polar surface area (TPSA) is 63.8 Å². The van der Waals surface area contributed by atoms with Crippen LogP contribution in [-0.2, 0) is 6.54 Å². The molecule has 0 bridgehead atoms. The van der Waals surface area contributed by atoms with Crippen molar-refractivity contribution in [3.05, 3.63) is 57.1 Å². The number of halogens is 3. The molecule has 2 aromatic rings. The Bertz CT molecular complexity index is 644. The van der Waals surface area contributed by atoms with Crippen molar-refractivity contribution in [2.24, 2.45) is 5.73 Å². The smallest absolute Gasteiger partial charge is 0.157 e. The van der Waals surface area contributed by atoms with Crippen molar-refractivity contribution in [3.8, 4) is 0 Å². The predicted octanol–water partition coefficient (Wildman–Crippen LogP) is 3.98. The van der Waals surface area contributed by atoms with E-state index in [-0.39, 0.29) is 0 Å². The minimum Gasteiger partial charge on any atom is -0.404 e. The van der Waals surface area contributed by atoms with E-state index >= 15 is 0 Å². The number of hydrogen-bond acceptors (Lipinski definition) is 4. The first kappa shape index (κ1) is 14.9. The minimum absolute atomic E-state index is 0.331. The fourth-order valence-electron chi connectivity index (χ4n) is 1.54. The number of nitrogens with one attached hydrogen (secondary N) is 1. The molecule has 0 spiro atoms. The molecule has 0 aliphatic rings. The Kier molecular flexibility index (Phi) is 5.06. The second-order valence-electron chi connectivity index (χ2n) is 3.88. The van der Waals surface area contributed by atoms with Crippen molar-refractivity contribution in [3.63, 3.8) is 0 Å². The van der Waals surface area contributed by atoms with Gasteiger partial charge in [0, 0.05) is 22.7 Å². The van der Waals surface area contributed by atoms with Gasteiger partial charge in [-0.3, -0.25) is 0 Å². The van der Waals surface area contributed by atoms with E-state index in [1.807, 2.05) is 6.07 Å². The lowest BCUT2D eigenvalue weighted by atomic mass is 10.2. The van der Waals surface area contributed by atoms with E-state index in [1.165, 1.54) is 6.20 Å². The van der Waals surface area contributed by atoms with Gasteiger partial charge in [0.1, 0.15) is 11.0 Å². The van der Waals surface area contributed by atoms with Gasteiger partial charge in [0.05, 0.1) is 0 Å². The molecule has 1 heterocycles. The molecule has 0 aliphatic carbocycles. The van der Waals surface area contributed by atoms with Crippen molar-refractivity contribution < 1.29 is 0 Å². The van der Waals surface area contributed by atoms with Crippen LogP contribution < -0.4 is 11.1 Å². The number of rotatable bonds is 4. The molecular weight excluding hydrogens is 319 g/mol. The van der Waals surface area contributed by atoms with Gasteiger partial charge < -0.3 is 11.1 Å². The fourth-order valence-corrected chi connectivity index (χ4v) is 2.20. The molecule has 0 saturated carbocycles. The largest absolute Gasteiger partial charge is 0.404 e. The molecule has 0 unspecified atom stereocenters. The standard InChI is InChI=1S/C13H11Cl3N4/c14-9-2-1-8(10(15)5-9)7-18-13-6-11(16)19-12(20-13)3-4-17/h1-6H,7,17H2,(H,18,19,20). The summed E-state index contributed by atoms with van der Waals surface area (Å²) in [5.74, 6) is 1.02. The average Bonchev–Trinajstić information content (AvgIpc) is 2.37. The molecule has 20 heavy (non-hydrogen) atoms. The van der Waals surface area contributed by atoms with Crippen LogP contribution in [0, 0.1) is 0 Å². The maximum Gasteiger partial charge on any atom is 0.157 e. The van der Waals surface area contributed by atoms with Crippen LogP contribution in [0.3, 0.4) is 0 Å². The van der Waals surface area contributed by atoms with E-state index in [0.29, 0.717) is 33.4 Å². The van der Waals surface area contributed by atoms with Gasteiger partial charge >= 0.3 is 0 Å². The van der Waals surface area contributed by atoms with E-state index in [2.05, 4.69) is 15.3 Å². The van der Waals surface area contributed by atoms with Crippen molar-refractivity contribution in [2.45, 2.75) is 6.54 Å². The van der Waals surface area contributed by atoms with Gasteiger partial charge in [-0.05, 0) is 30.0 Å². The molecule has 1 aromatic carbocycles. The highest BCUT2D eigenvalue weighted by Gasteiger charge is 2.04. The second kappa shape index (κ2) is 6.79. The predicted molar refractivity (Wildman–Crippen MR) is 84.1 cm³/mol. The Morgan fingerprint density at radius 2 is 1.95 bits per heavy atom. The maximum absolute atomic E-state index is 6.10. The SMILES string of the molecule is NC=Cc1nc(Cl)cc(NCc2ccc(Cl)cc2Cl)n1. The summed E-state index contributed by atoms with van der Waals surface area (Å²) in [5.41, 5.74) is 6.21. The number of hydrogen-bond donors (Lipinski definition) is 2. The van der Waals surface area contributed by atoms with Gasteiger partial charge in [0.25, 0.3) is 0 Å². The van der Waals surface area contributed by atoms with Crippen LogP contribution in [0.2, 0.25) is 15.2 Å². The first-order valence-electron chi connectivity index (χ1n) is 5.69. The van der Waals surface area contributed by atoms with Crippen molar-refractivity contribution in [1.29, 1.82) is 0 Å². The monoisotopic (exact) mass is 328 g/mol. The van der Waals surface area contributed by atoms with Crippen LogP contribution in [0.25, 0.3) is 6.08 Å². The first-order chi connectivity index (χ1) is 9.58. The summed E-state index contributed by atoms with van der Waals surface area (Å²) in [7, 11) is 0. The Morgan fingerprint density at radius 3 is 2.65 bits per heavy atom. The quantitative estimate of drug-likeness (QED) is 0.833. The summed E-state index contributed by atoms with van der Waals surface area (Å²) in [6.45, 7) is 0.495. The van der Waals surface area contributed by atoms with Crippen molar-refractivity contribution in [1.82, 2.24) is 9.97 Å². The van der Waals surface area contributed by atoms with E-state index in [4.69, 9.17) is 40.5 Å². The molecule has 0 atom stereocenters. The molecule has 4 nitrogen and oxygen atoms in total. The van der Waals surface area contributed by atoms with Gasteiger partial charge in [0.2, 0.25) is 0 Å². The zero-order valence-electron chi connectivity index (χ0n) is 10.3. The van der Waals surface area contributed by atoms with Crippen LogP contribution in [-0.4, -0.2) is 9.97 Å². The third-order valence-electron chi connectivity index (χ3n) is 2.43. The normalized spacial score (nSPS) is 10.9. The molecule has 104 valence electrons. The van der Waals surface area contributed by atoms with Gasteiger partial charge in [-0.1, -0.05) is 40.9 Å². The van der Waals surface area contributed by atoms with Crippen LogP contribution in [0.4, 0.5) is 5.82 Å². The second-order valence-corrected chi connectivity index (χ2v) is 5.11. The van der Waals surface area contributed by atoms with Crippen LogP contribution in [0.15, 0.2) is 30.5 Å².